The number of aryl methyl sites for hydroxylation is 1. The summed E-state index contributed by atoms with van der Waals surface area (Å²) in [4.78, 5) is 40.1. The predicted molar refractivity (Wildman–Crippen MR) is 113 cm³/mol. The number of ether oxygens (including phenoxy) is 1. The van der Waals surface area contributed by atoms with Crippen molar-refractivity contribution in [2.45, 2.75) is 33.2 Å². The highest BCUT2D eigenvalue weighted by atomic mass is 32.1. The number of anilines is 1. The fraction of sp³-hybridized carbons (Fsp3) is 0.409. The Bertz CT molecular complexity index is 861. The lowest BCUT2D eigenvalue weighted by molar-refractivity contribution is -0.153. The van der Waals surface area contributed by atoms with Crippen molar-refractivity contribution in [2.24, 2.45) is 11.8 Å². The largest absolute Gasteiger partial charge is 0.455 e. The molecule has 0 bridgehead atoms. The fourth-order valence-corrected chi connectivity index (χ4v) is 4.23. The summed E-state index contributed by atoms with van der Waals surface area (Å²) in [6.45, 7) is 6.15. The molecule has 0 aliphatic carbocycles. The SMILES string of the molecule is Cc1ccc(N2C(=O)C[C@H](C(=O)OCC(=O)NCC(C)C)[C@H]2c2cccs2)cc1. The Balaban J connectivity index is 1.77. The third kappa shape index (κ3) is 5.03. The van der Waals surface area contributed by atoms with E-state index in [1.807, 2.05) is 62.5 Å². The molecule has 1 fully saturated rings. The number of rotatable bonds is 7. The highest BCUT2D eigenvalue weighted by Gasteiger charge is 2.46. The summed E-state index contributed by atoms with van der Waals surface area (Å²) in [5, 5.41) is 4.65. The first-order chi connectivity index (χ1) is 13.9. The van der Waals surface area contributed by atoms with E-state index in [0.29, 0.717) is 12.5 Å². The van der Waals surface area contributed by atoms with E-state index in [1.165, 1.54) is 11.3 Å². The van der Waals surface area contributed by atoms with Crippen LogP contribution in [-0.2, 0) is 19.1 Å². The van der Waals surface area contributed by atoms with Crippen molar-refractivity contribution < 1.29 is 19.1 Å². The lowest BCUT2D eigenvalue weighted by atomic mass is 9.99. The van der Waals surface area contributed by atoms with E-state index in [0.717, 1.165) is 16.1 Å². The van der Waals surface area contributed by atoms with Crippen molar-refractivity contribution in [3.63, 3.8) is 0 Å². The number of hydrogen-bond donors (Lipinski definition) is 1. The molecular formula is C22H26N2O4S. The van der Waals surface area contributed by atoms with Crippen molar-refractivity contribution >= 4 is 34.8 Å². The zero-order valence-electron chi connectivity index (χ0n) is 16.9. The minimum atomic E-state index is -0.652. The number of nitrogens with one attached hydrogen (secondary N) is 1. The van der Waals surface area contributed by atoms with E-state index >= 15 is 0 Å². The first-order valence-corrected chi connectivity index (χ1v) is 10.6. The molecule has 3 rings (SSSR count). The van der Waals surface area contributed by atoms with Gasteiger partial charge in [-0.2, -0.15) is 0 Å². The van der Waals surface area contributed by atoms with Gasteiger partial charge in [0.15, 0.2) is 6.61 Å². The minimum Gasteiger partial charge on any atom is -0.455 e. The van der Waals surface area contributed by atoms with E-state index in [9.17, 15) is 14.4 Å². The van der Waals surface area contributed by atoms with Gasteiger partial charge in [-0.1, -0.05) is 37.6 Å². The molecule has 1 saturated heterocycles. The minimum absolute atomic E-state index is 0.0584. The molecule has 2 atom stereocenters. The maximum atomic E-state index is 12.8. The van der Waals surface area contributed by atoms with Gasteiger partial charge >= 0.3 is 5.97 Å². The Labute approximate surface area is 174 Å². The molecule has 154 valence electrons. The number of nitrogens with zero attached hydrogens (tertiary/aromatic N) is 1. The second-order valence-electron chi connectivity index (χ2n) is 7.68. The van der Waals surface area contributed by atoms with Gasteiger partial charge in [-0.25, -0.2) is 0 Å². The molecule has 2 aromatic rings. The molecule has 0 unspecified atom stereocenters. The third-order valence-corrected chi connectivity index (χ3v) is 5.77. The smallest absolute Gasteiger partial charge is 0.312 e. The second-order valence-corrected chi connectivity index (χ2v) is 8.66. The summed E-state index contributed by atoms with van der Waals surface area (Å²) in [6, 6.07) is 11.1. The summed E-state index contributed by atoms with van der Waals surface area (Å²) in [5.74, 6) is -1.32. The van der Waals surface area contributed by atoms with Crippen molar-refractivity contribution in [3.8, 4) is 0 Å². The molecule has 1 aliphatic heterocycles. The molecule has 29 heavy (non-hydrogen) atoms. The predicted octanol–water partition coefficient (Wildman–Crippen LogP) is 3.47. The molecule has 7 heteroatoms. The Morgan fingerprint density at radius 3 is 2.59 bits per heavy atom. The van der Waals surface area contributed by atoms with Gasteiger partial charge in [-0.15, -0.1) is 11.3 Å². The average Bonchev–Trinajstić information content (AvgIpc) is 3.32. The van der Waals surface area contributed by atoms with Crippen LogP contribution < -0.4 is 10.2 Å². The Hall–Kier alpha value is -2.67. The van der Waals surface area contributed by atoms with Gasteiger partial charge in [0.05, 0.1) is 12.0 Å². The summed E-state index contributed by atoms with van der Waals surface area (Å²) in [5.41, 5.74) is 1.85. The van der Waals surface area contributed by atoms with Gasteiger partial charge in [0.25, 0.3) is 5.91 Å². The van der Waals surface area contributed by atoms with Crippen LogP contribution in [0.1, 0.15) is 36.8 Å². The summed E-state index contributed by atoms with van der Waals surface area (Å²) < 4.78 is 5.27. The topological polar surface area (TPSA) is 75.7 Å². The van der Waals surface area contributed by atoms with Crippen LogP contribution in [-0.4, -0.2) is 30.9 Å². The molecule has 2 heterocycles. The number of amides is 2. The van der Waals surface area contributed by atoms with Gasteiger partial charge in [-0.3, -0.25) is 14.4 Å². The van der Waals surface area contributed by atoms with E-state index in [-0.39, 0.29) is 24.8 Å². The normalized spacial score (nSPS) is 18.9. The van der Waals surface area contributed by atoms with Gasteiger partial charge < -0.3 is 15.0 Å². The lowest BCUT2D eigenvalue weighted by Gasteiger charge is -2.27. The Morgan fingerprint density at radius 2 is 1.97 bits per heavy atom. The first kappa shape index (κ1) is 21.0. The molecule has 1 aromatic heterocycles. The van der Waals surface area contributed by atoms with Crippen LogP contribution in [0.2, 0.25) is 0 Å². The first-order valence-electron chi connectivity index (χ1n) is 9.72. The van der Waals surface area contributed by atoms with Crippen LogP contribution in [0.4, 0.5) is 5.69 Å². The lowest BCUT2D eigenvalue weighted by Crippen LogP contribution is -2.34. The highest BCUT2D eigenvalue weighted by molar-refractivity contribution is 7.10. The average molecular weight is 415 g/mol. The summed E-state index contributed by atoms with van der Waals surface area (Å²) in [6.07, 6.45) is 0.0584. The third-order valence-electron chi connectivity index (χ3n) is 4.83. The quantitative estimate of drug-likeness (QED) is 0.704. The maximum Gasteiger partial charge on any atom is 0.312 e. The number of carbonyl (C=O) groups excluding carboxylic acids is 3. The highest BCUT2D eigenvalue weighted by Crippen LogP contribution is 2.43. The van der Waals surface area contributed by atoms with Crippen molar-refractivity contribution in [1.82, 2.24) is 5.32 Å². The number of thiophene rings is 1. The molecular weight excluding hydrogens is 388 g/mol. The molecule has 0 spiro atoms. The zero-order valence-corrected chi connectivity index (χ0v) is 17.7. The van der Waals surface area contributed by atoms with E-state index in [2.05, 4.69) is 5.32 Å². The second kappa shape index (κ2) is 9.22. The monoisotopic (exact) mass is 414 g/mol. The van der Waals surface area contributed by atoms with Crippen LogP contribution in [0.5, 0.6) is 0 Å². The summed E-state index contributed by atoms with van der Waals surface area (Å²) in [7, 11) is 0. The number of hydrogen-bond acceptors (Lipinski definition) is 5. The van der Waals surface area contributed by atoms with Crippen LogP contribution in [0.15, 0.2) is 41.8 Å². The van der Waals surface area contributed by atoms with Crippen molar-refractivity contribution in [3.05, 3.63) is 52.2 Å². The Kier molecular flexibility index (Phi) is 6.69. The Morgan fingerprint density at radius 1 is 1.24 bits per heavy atom. The van der Waals surface area contributed by atoms with E-state index in [4.69, 9.17) is 4.74 Å². The standard InChI is InChI=1S/C22H26N2O4S/c1-14(2)12-23-19(25)13-28-22(27)17-11-20(26)24(16-8-6-15(3)7-9-16)21(17)18-5-4-10-29-18/h4-10,14,17,21H,11-13H2,1-3H3,(H,23,25)/t17-,21-/m0/s1. The zero-order chi connectivity index (χ0) is 21.0. The fourth-order valence-electron chi connectivity index (χ4n) is 3.35. The van der Waals surface area contributed by atoms with Crippen LogP contribution in [0, 0.1) is 18.8 Å². The molecule has 0 saturated carbocycles. The molecule has 1 aliphatic rings. The van der Waals surface area contributed by atoms with E-state index in [1.54, 1.807) is 4.90 Å². The van der Waals surface area contributed by atoms with Crippen LogP contribution in [0.3, 0.4) is 0 Å². The van der Waals surface area contributed by atoms with Gasteiger partial charge in [0.2, 0.25) is 5.91 Å². The maximum absolute atomic E-state index is 12.8. The van der Waals surface area contributed by atoms with Crippen molar-refractivity contribution in [2.75, 3.05) is 18.1 Å². The summed E-state index contributed by atoms with van der Waals surface area (Å²) >= 11 is 1.50. The molecule has 1 N–H and O–H groups in total. The van der Waals surface area contributed by atoms with Gasteiger partial charge in [0, 0.05) is 23.5 Å². The van der Waals surface area contributed by atoms with Crippen LogP contribution >= 0.6 is 11.3 Å². The van der Waals surface area contributed by atoms with Gasteiger partial charge in [-0.05, 0) is 36.4 Å². The van der Waals surface area contributed by atoms with Crippen LogP contribution in [0.25, 0.3) is 0 Å². The van der Waals surface area contributed by atoms with Gasteiger partial charge in [0.1, 0.15) is 0 Å². The molecule has 6 nitrogen and oxygen atoms in total. The van der Waals surface area contributed by atoms with Crippen molar-refractivity contribution in [1.29, 1.82) is 0 Å². The number of carbonyl (C=O) groups is 3. The molecule has 2 amide bonds. The molecule has 1 aromatic carbocycles. The number of esters is 1. The molecule has 0 radical (unpaired) electrons. The number of benzene rings is 1. The van der Waals surface area contributed by atoms with E-state index < -0.39 is 17.9 Å².